The molecule has 1 aromatic carbocycles. The number of para-hydroxylation sites is 1. The number of piperidine rings is 1. The molecule has 0 radical (unpaired) electrons. The predicted octanol–water partition coefficient (Wildman–Crippen LogP) is 3.13. The van der Waals surface area contributed by atoms with E-state index in [1.807, 2.05) is 37.3 Å². The molecule has 3 heterocycles. The number of aromatic nitrogens is 3. The molecule has 0 amide bonds. The summed E-state index contributed by atoms with van der Waals surface area (Å²) in [5.41, 5.74) is 3.32. The fourth-order valence-corrected chi connectivity index (χ4v) is 4.00. The summed E-state index contributed by atoms with van der Waals surface area (Å²) in [5, 5.41) is 24.1. The number of hydrogen-bond donors (Lipinski definition) is 1. The third-order valence-electron chi connectivity index (χ3n) is 5.38. The van der Waals surface area contributed by atoms with Gasteiger partial charge in [0.15, 0.2) is 11.3 Å². The van der Waals surface area contributed by atoms with Crippen molar-refractivity contribution in [2.24, 2.45) is 0 Å². The van der Waals surface area contributed by atoms with Crippen LogP contribution in [0.4, 0.5) is 0 Å². The van der Waals surface area contributed by atoms with Crippen LogP contribution in [0, 0.1) is 18.3 Å². The zero-order chi connectivity index (χ0) is 19.7. The molecule has 0 aliphatic carbocycles. The molecular formula is C21H21N5O2. The molecule has 0 bridgehead atoms. The summed E-state index contributed by atoms with van der Waals surface area (Å²) in [7, 11) is 0. The lowest BCUT2D eigenvalue weighted by Crippen LogP contribution is -2.33. The fourth-order valence-electron chi connectivity index (χ4n) is 4.00. The maximum Gasteiger partial charge on any atom is 0.354 e. The molecular weight excluding hydrogens is 354 g/mol. The van der Waals surface area contributed by atoms with E-state index in [-0.39, 0.29) is 11.6 Å². The van der Waals surface area contributed by atoms with Crippen LogP contribution in [0.1, 0.15) is 40.5 Å². The summed E-state index contributed by atoms with van der Waals surface area (Å²) in [6.07, 6.45) is 1.77. The number of pyridine rings is 1. The van der Waals surface area contributed by atoms with E-state index in [0.29, 0.717) is 12.2 Å². The Balaban J connectivity index is 1.84. The number of aromatic carboxylic acids is 1. The Bertz CT molecular complexity index is 1060. The minimum Gasteiger partial charge on any atom is -0.477 e. The van der Waals surface area contributed by atoms with Crippen molar-refractivity contribution < 1.29 is 9.90 Å². The number of nitriles is 1. The Morgan fingerprint density at radius 1 is 1.29 bits per heavy atom. The largest absolute Gasteiger partial charge is 0.477 e. The van der Waals surface area contributed by atoms with E-state index in [0.717, 1.165) is 48.3 Å². The second kappa shape index (κ2) is 7.41. The zero-order valence-corrected chi connectivity index (χ0v) is 15.7. The SMILES string of the molecule is Cc1nn(-c2ccccc2)c2nc(C(=O)O)cc(C3CCN(CC#N)CC3)c12. The minimum absolute atomic E-state index is 0.0408. The van der Waals surface area contributed by atoms with Crippen LogP contribution in [0.2, 0.25) is 0 Å². The molecule has 28 heavy (non-hydrogen) atoms. The lowest BCUT2D eigenvalue weighted by atomic mass is 9.87. The van der Waals surface area contributed by atoms with E-state index < -0.39 is 5.97 Å². The average Bonchev–Trinajstić information content (AvgIpc) is 3.05. The summed E-state index contributed by atoms with van der Waals surface area (Å²) in [6, 6.07) is 13.5. The lowest BCUT2D eigenvalue weighted by Gasteiger charge is -2.30. The normalized spacial score (nSPS) is 15.6. The van der Waals surface area contributed by atoms with Gasteiger partial charge in [-0.15, -0.1) is 0 Å². The Morgan fingerprint density at radius 3 is 2.64 bits per heavy atom. The molecule has 2 aromatic heterocycles. The molecule has 4 rings (SSSR count). The van der Waals surface area contributed by atoms with Crippen LogP contribution < -0.4 is 0 Å². The Hall–Kier alpha value is -3.24. The van der Waals surface area contributed by atoms with Gasteiger partial charge in [-0.3, -0.25) is 4.90 Å². The quantitative estimate of drug-likeness (QED) is 0.704. The topological polar surface area (TPSA) is 95.0 Å². The molecule has 7 nitrogen and oxygen atoms in total. The van der Waals surface area contributed by atoms with Crippen LogP contribution in [-0.4, -0.2) is 50.4 Å². The van der Waals surface area contributed by atoms with E-state index in [4.69, 9.17) is 5.26 Å². The number of rotatable bonds is 4. The van der Waals surface area contributed by atoms with Gasteiger partial charge in [-0.05, 0) is 62.5 Å². The monoisotopic (exact) mass is 375 g/mol. The van der Waals surface area contributed by atoms with Gasteiger partial charge in [-0.1, -0.05) is 18.2 Å². The maximum absolute atomic E-state index is 11.7. The Kier molecular flexibility index (Phi) is 4.80. The molecule has 3 aromatic rings. The van der Waals surface area contributed by atoms with Gasteiger partial charge < -0.3 is 5.11 Å². The first-order valence-electron chi connectivity index (χ1n) is 9.36. The van der Waals surface area contributed by atoms with Gasteiger partial charge in [0.2, 0.25) is 0 Å². The number of carboxylic acids is 1. The molecule has 1 fully saturated rings. The van der Waals surface area contributed by atoms with E-state index in [1.165, 1.54) is 0 Å². The standard InChI is InChI=1S/C21H21N5O2/c1-14-19-17(15-7-10-25(11-8-15)12-9-22)13-18(21(27)28)23-20(19)26(24-14)16-5-3-2-4-6-16/h2-6,13,15H,7-8,10-12H2,1H3,(H,27,28). The average molecular weight is 375 g/mol. The number of aryl methyl sites for hydroxylation is 1. The van der Waals surface area contributed by atoms with Crippen molar-refractivity contribution >= 4 is 17.0 Å². The van der Waals surface area contributed by atoms with Crippen molar-refractivity contribution in [3.8, 4) is 11.8 Å². The van der Waals surface area contributed by atoms with Crippen LogP contribution in [0.15, 0.2) is 36.4 Å². The molecule has 0 saturated carbocycles. The van der Waals surface area contributed by atoms with E-state index in [1.54, 1.807) is 10.7 Å². The van der Waals surface area contributed by atoms with Crippen LogP contribution >= 0.6 is 0 Å². The summed E-state index contributed by atoms with van der Waals surface area (Å²) in [4.78, 5) is 18.3. The van der Waals surface area contributed by atoms with Gasteiger partial charge in [0, 0.05) is 5.39 Å². The zero-order valence-electron chi connectivity index (χ0n) is 15.7. The van der Waals surface area contributed by atoms with Crippen molar-refractivity contribution in [2.45, 2.75) is 25.7 Å². The smallest absolute Gasteiger partial charge is 0.354 e. The van der Waals surface area contributed by atoms with Gasteiger partial charge >= 0.3 is 5.97 Å². The third kappa shape index (κ3) is 3.23. The highest BCUT2D eigenvalue weighted by molar-refractivity contribution is 5.92. The first-order valence-corrected chi connectivity index (χ1v) is 9.36. The highest BCUT2D eigenvalue weighted by atomic mass is 16.4. The number of carbonyl (C=O) groups is 1. The van der Waals surface area contributed by atoms with Crippen molar-refractivity contribution in [3.05, 3.63) is 53.3 Å². The molecule has 7 heteroatoms. The van der Waals surface area contributed by atoms with Crippen LogP contribution in [0.25, 0.3) is 16.7 Å². The second-order valence-corrected chi connectivity index (χ2v) is 7.14. The number of benzene rings is 1. The van der Waals surface area contributed by atoms with Crippen molar-refractivity contribution in [1.82, 2.24) is 19.7 Å². The fraction of sp³-hybridized carbons (Fsp3) is 0.333. The summed E-state index contributed by atoms with van der Waals surface area (Å²) in [6.45, 7) is 4.04. The van der Waals surface area contributed by atoms with Gasteiger partial charge in [0.05, 0.1) is 24.0 Å². The predicted molar refractivity (Wildman–Crippen MR) is 105 cm³/mol. The van der Waals surface area contributed by atoms with E-state index in [9.17, 15) is 9.90 Å². The van der Waals surface area contributed by atoms with E-state index in [2.05, 4.69) is 21.1 Å². The Labute approximate surface area is 162 Å². The van der Waals surface area contributed by atoms with Crippen molar-refractivity contribution in [2.75, 3.05) is 19.6 Å². The molecule has 1 aliphatic rings. The Morgan fingerprint density at radius 2 is 2.00 bits per heavy atom. The lowest BCUT2D eigenvalue weighted by molar-refractivity contribution is 0.0690. The molecule has 1 aliphatic heterocycles. The molecule has 142 valence electrons. The second-order valence-electron chi connectivity index (χ2n) is 7.14. The van der Waals surface area contributed by atoms with Gasteiger partial charge in [-0.2, -0.15) is 10.4 Å². The summed E-state index contributed by atoms with van der Waals surface area (Å²) < 4.78 is 1.73. The number of hydrogen-bond acceptors (Lipinski definition) is 5. The number of fused-ring (bicyclic) bond motifs is 1. The van der Waals surface area contributed by atoms with Gasteiger partial charge in [0.25, 0.3) is 0 Å². The van der Waals surface area contributed by atoms with Crippen LogP contribution in [0.3, 0.4) is 0 Å². The maximum atomic E-state index is 11.7. The molecule has 1 saturated heterocycles. The summed E-state index contributed by atoms with van der Waals surface area (Å²) >= 11 is 0. The molecule has 0 unspecified atom stereocenters. The molecule has 1 N–H and O–H groups in total. The summed E-state index contributed by atoms with van der Waals surface area (Å²) in [5.74, 6) is -0.811. The number of likely N-dealkylation sites (tertiary alicyclic amines) is 1. The molecule has 0 atom stereocenters. The third-order valence-corrected chi connectivity index (χ3v) is 5.38. The minimum atomic E-state index is -1.04. The number of carboxylic acid groups (broad SMARTS) is 1. The van der Waals surface area contributed by atoms with Crippen molar-refractivity contribution in [1.29, 1.82) is 5.26 Å². The van der Waals surface area contributed by atoms with Crippen LogP contribution in [-0.2, 0) is 0 Å². The number of nitrogens with zero attached hydrogens (tertiary/aromatic N) is 5. The first-order chi connectivity index (χ1) is 13.6. The van der Waals surface area contributed by atoms with Gasteiger partial charge in [0.1, 0.15) is 0 Å². The first kappa shape index (κ1) is 18.1. The highest BCUT2D eigenvalue weighted by Gasteiger charge is 2.26. The van der Waals surface area contributed by atoms with Crippen LogP contribution in [0.5, 0.6) is 0 Å². The highest BCUT2D eigenvalue weighted by Crippen LogP contribution is 2.35. The van der Waals surface area contributed by atoms with Crippen molar-refractivity contribution in [3.63, 3.8) is 0 Å². The molecule has 0 spiro atoms. The van der Waals surface area contributed by atoms with Gasteiger partial charge in [-0.25, -0.2) is 14.5 Å². The van der Waals surface area contributed by atoms with E-state index >= 15 is 0 Å².